The maximum atomic E-state index is 12.7. The molecular weight excluding hydrogens is 364 g/mol. The van der Waals surface area contributed by atoms with Crippen LogP contribution in [-0.2, 0) is 9.59 Å². The zero-order valence-electron chi connectivity index (χ0n) is 15.9. The van der Waals surface area contributed by atoms with Gasteiger partial charge < -0.3 is 20.1 Å². The molecule has 1 saturated carbocycles. The molecule has 2 fully saturated rings. The van der Waals surface area contributed by atoms with Crippen LogP contribution in [-0.4, -0.2) is 46.6 Å². The summed E-state index contributed by atoms with van der Waals surface area (Å²) in [4.78, 5) is 27.9. The van der Waals surface area contributed by atoms with Crippen molar-refractivity contribution in [1.82, 2.24) is 10.2 Å². The first-order chi connectivity index (χ1) is 12.9. The predicted molar refractivity (Wildman–Crippen MR) is 103 cm³/mol. The van der Waals surface area contributed by atoms with Gasteiger partial charge in [0.15, 0.2) is 0 Å². The maximum absolute atomic E-state index is 12.7. The van der Waals surface area contributed by atoms with E-state index in [0.29, 0.717) is 13.1 Å². The first kappa shape index (κ1) is 18.7. The van der Waals surface area contributed by atoms with Gasteiger partial charge in [0.1, 0.15) is 17.5 Å². The standard InChI is InChI=1S/C20H28N2O4S/c1-20(2)17(23)15(16-14(26-20)8-9-27-16)21-18(24)13-10-22(11-13)19(25)12-6-4-3-5-7-12/h8-9,12-13,15,17,23H,3-7,10-11H2,1-2H3,(H,21,24)/t15-,17+/m1/s1. The van der Waals surface area contributed by atoms with Crippen molar-refractivity contribution in [3.05, 3.63) is 16.3 Å². The molecule has 0 bridgehead atoms. The number of thiophene rings is 1. The lowest BCUT2D eigenvalue weighted by Crippen LogP contribution is -2.59. The number of amides is 2. The molecule has 1 aliphatic carbocycles. The summed E-state index contributed by atoms with van der Waals surface area (Å²) in [5, 5.41) is 15.6. The summed E-state index contributed by atoms with van der Waals surface area (Å²) in [6, 6.07) is 1.40. The molecule has 1 aromatic heterocycles. The van der Waals surface area contributed by atoms with Crippen LogP contribution in [0.15, 0.2) is 11.4 Å². The molecule has 4 rings (SSSR count). The molecule has 3 heterocycles. The Morgan fingerprint density at radius 2 is 1.93 bits per heavy atom. The van der Waals surface area contributed by atoms with Crippen molar-refractivity contribution in [2.24, 2.45) is 11.8 Å². The number of carbonyl (C=O) groups is 2. The fourth-order valence-electron chi connectivity index (χ4n) is 4.36. The maximum Gasteiger partial charge on any atom is 0.227 e. The van der Waals surface area contributed by atoms with Gasteiger partial charge in [-0.3, -0.25) is 9.59 Å². The van der Waals surface area contributed by atoms with Crippen molar-refractivity contribution in [3.8, 4) is 5.75 Å². The van der Waals surface area contributed by atoms with Gasteiger partial charge in [0.2, 0.25) is 11.8 Å². The molecule has 1 aromatic rings. The molecule has 1 saturated heterocycles. The van der Waals surface area contributed by atoms with Gasteiger partial charge >= 0.3 is 0 Å². The molecule has 0 aromatic carbocycles. The van der Waals surface area contributed by atoms with Gasteiger partial charge in [0.25, 0.3) is 0 Å². The Morgan fingerprint density at radius 3 is 2.63 bits per heavy atom. The van der Waals surface area contributed by atoms with E-state index in [0.717, 1.165) is 36.3 Å². The van der Waals surface area contributed by atoms with Gasteiger partial charge in [-0.25, -0.2) is 0 Å². The predicted octanol–water partition coefficient (Wildman–Crippen LogP) is 2.48. The van der Waals surface area contributed by atoms with E-state index >= 15 is 0 Å². The van der Waals surface area contributed by atoms with Gasteiger partial charge in [0.05, 0.1) is 16.8 Å². The van der Waals surface area contributed by atoms with Crippen molar-refractivity contribution < 1.29 is 19.4 Å². The summed E-state index contributed by atoms with van der Waals surface area (Å²) >= 11 is 1.48. The van der Waals surface area contributed by atoms with Crippen LogP contribution in [0.5, 0.6) is 5.75 Å². The fourth-order valence-corrected chi connectivity index (χ4v) is 5.25. The van der Waals surface area contributed by atoms with Crippen LogP contribution in [0.3, 0.4) is 0 Å². The molecule has 2 atom stereocenters. The molecular formula is C20H28N2O4S. The quantitative estimate of drug-likeness (QED) is 0.828. The second-order valence-corrected chi connectivity index (χ2v) is 9.51. The first-order valence-corrected chi connectivity index (χ1v) is 10.8. The number of hydrogen-bond acceptors (Lipinski definition) is 5. The number of nitrogens with one attached hydrogen (secondary N) is 1. The highest BCUT2D eigenvalue weighted by molar-refractivity contribution is 7.10. The summed E-state index contributed by atoms with van der Waals surface area (Å²) in [7, 11) is 0. The van der Waals surface area contributed by atoms with E-state index in [9.17, 15) is 14.7 Å². The number of fused-ring (bicyclic) bond motifs is 1. The molecule has 0 radical (unpaired) electrons. The lowest BCUT2D eigenvalue weighted by molar-refractivity contribution is -0.148. The monoisotopic (exact) mass is 392 g/mol. The van der Waals surface area contributed by atoms with E-state index in [1.165, 1.54) is 17.8 Å². The molecule has 2 amide bonds. The Kier molecular flexibility index (Phi) is 4.93. The van der Waals surface area contributed by atoms with Crippen molar-refractivity contribution >= 4 is 23.2 Å². The van der Waals surface area contributed by atoms with Crippen LogP contribution in [0, 0.1) is 11.8 Å². The van der Waals surface area contributed by atoms with Gasteiger partial charge in [-0.15, -0.1) is 11.3 Å². The largest absolute Gasteiger partial charge is 0.484 e. The van der Waals surface area contributed by atoms with Crippen LogP contribution in [0.4, 0.5) is 0 Å². The highest BCUT2D eigenvalue weighted by Crippen LogP contribution is 2.43. The van der Waals surface area contributed by atoms with E-state index in [1.54, 1.807) is 0 Å². The number of ether oxygens (including phenoxy) is 1. The normalized spacial score (nSPS) is 28.0. The topological polar surface area (TPSA) is 78.9 Å². The highest BCUT2D eigenvalue weighted by atomic mass is 32.1. The third kappa shape index (κ3) is 3.47. The van der Waals surface area contributed by atoms with Crippen molar-refractivity contribution in [2.45, 2.75) is 63.7 Å². The number of aliphatic hydroxyl groups is 1. The van der Waals surface area contributed by atoms with Crippen molar-refractivity contribution in [2.75, 3.05) is 13.1 Å². The minimum Gasteiger partial charge on any atom is -0.484 e. The van der Waals surface area contributed by atoms with Crippen LogP contribution in [0.2, 0.25) is 0 Å². The minimum absolute atomic E-state index is 0.0937. The Hall–Kier alpha value is -1.60. The molecule has 27 heavy (non-hydrogen) atoms. The SMILES string of the molecule is CC1(C)Oc2ccsc2[C@@H](NC(=O)C2CN(C(=O)C3CCCCC3)C2)[C@@H]1O. The number of aliphatic hydroxyl groups excluding tert-OH is 1. The molecule has 3 aliphatic rings. The minimum atomic E-state index is -0.826. The number of likely N-dealkylation sites (tertiary alicyclic amines) is 1. The second kappa shape index (κ2) is 7.09. The molecule has 0 unspecified atom stereocenters. The van der Waals surface area contributed by atoms with Crippen LogP contribution < -0.4 is 10.1 Å². The zero-order valence-corrected chi connectivity index (χ0v) is 16.8. The molecule has 0 spiro atoms. The summed E-state index contributed by atoms with van der Waals surface area (Å²) in [5.41, 5.74) is -0.769. The molecule has 2 aliphatic heterocycles. The molecule has 148 valence electrons. The third-order valence-electron chi connectivity index (χ3n) is 6.16. The number of nitrogens with zero attached hydrogens (tertiary/aromatic N) is 1. The van der Waals surface area contributed by atoms with Crippen molar-refractivity contribution in [3.63, 3.8) is 0 Å². The number of rotatable bonds is 3. The fraction of sp³-hybridized carbons (Fsp3) is 0.700. The van der Waals surface area contributed by atoms with E-state index in [-0.39, 0.29) is 23.7 Å². The van der Waals surface area contributed by atoms with E-state index in [2.05, 4.69) is 5.32 Å². The summed E-state index contributed by atoms with van der Waals surface area (Å²) in [6.07, 6.45) is 4.63. The third-order valence-corrected chi connectivity index (χ3v) is 7.14. The van der Waals surface area contributed by atoms with Gasteiger partial charge in [0, 0.05) is 19.0 Å². The van der Waals surface area contributed by atoms with Gasteiger partial charge in [-0.2, -0.15) is 0 Å². The second-order valence-electron chi connectivity index (χ2n) is 8.56. The number of hydrogen-bond donors (Lipinski definition) is 2. The van der Waals surface area contributed by atoms with E-state index in [1.807, 2.05) is 30.2 Å². The Bertz CT molecular complexity index is 719. The van der Waals surface area contributed by atoms with Crippen LogP contribution in [0.25, 0.3) is 0 Å². The van der Waals surface area contributed by atoms with Gasteiger partial charge in [-0.05, 0) is 38.1 Å². The lowest BCUT2D eigenvalue weighted by Gasteiger charge is -2.43. The molecule has 6 nitrogen and oxygen atoms in total. The van der Waals surface area contributed by atoms with E-state index < -0.39 is 17.7 Å². The highest BCUT2D eigenvalue weighted by Gasteiger charge is 2.46. The van der Waals surface area contributed by atoms with Crippen LogP contribution >= 0.6 is 11.3 Å². The first-order valence-electron chi connectivity index (χ1n) is 9.90. The van der Waals surface area contributed by atoms with Gasteiger partial charge in [-0.1, -0.05) is 19.3 Å². The summed E-state index contributed by atoms with van der Waals surface area (Å²) in [6.45, 7) is 4.62. The Balaban J connectivity index is 1.36. The van der Waals surface area contributed by atoms with Crippen molar-refractivity contribution in [1.29, 1.82) is 0 Å². The molecule has 2 N–H and O–H groups in total. The van der Waals surface area contributed by atoms with Crippen LogP contribution in [0.1, 0.15) is 56.9 Å². The molecule has 7 heteroatoms. The lowest BCUT2D eigenvalue weighted by atomic mass is 9.86. The summed E-state index contributed by atoms with van der Waals surface area (Å²) < 4.78 is 5.86. The summed E-state index contributed by atoms with van der Waals surface area (Å²) in [5.74, 6) is 0.798. The average molecular weight is 393 g/mol. The number of carbonyl (C=O) groups excluding carboxylic acids is 2. The van der Waals surface area contributed by atoms with E-state index in [4.69, 9.17) is 4.74 Å². The zero-order chi connectivity index (χ0) is 19.2. The Morgan fingerprint density at radius 1 is 1.22 bits per heavy atom. The smallest absolute Gasteiger partial charge is 0.227 e. The Labute approximate surface area is 163 Å². The average Bonchev–Trinajstić information content (AvgIpc) is 3.05.